The van der Waals surface area contributed by atoms with E-state index in [9.17, 15) is 24.0 Å². The van der Waals surface area contributed by atoms with E-state index in [0.29, 0.717) is 5.56 Å². The zero-order valence-corrected chi connectivity index (χ0v) is 12.9. The van der Waals surface area contributed by atoms with E-state index in [4.69, 9.17) is 0 Å². The van der Waals surface area contributed by atoms with Crippen molar-refractivity contribution in [2.45, 2.75) is 39.8 Å². The predicted molar refractivity (Wildman–Crippen MR) is 87.4 cm³/mol. The molecule has 25 heavy (non-hydrogen) atoms. The van der Waals surface area contributed by atoms with Gasteiger partial charge in [-0.2, -0.15) is 0 Å². The second kappa shape index (κ2) is 6.84. The number of amides is 5. The van der Waals surface area contributed by atoms with E-state index >= 15 is 0 Å². The number of benzene rings is 1. The molecule has 2 N–H and O–H groups in total. The maximum Gasteiger partial charge on any atom is 0.262 e. The van der Waals surface area contributed by atoms with Crippen LogP contribution >= 0.6 is 0 Å². The zero-order chi connectivity index (χ0) is 17.4. The summed E-state index contributed by atoms with van der Waals surface area (Å²) in [6.07, 6.45) is 0.180. The third kappa shape index (κ3) is 3.15. The van der Waals surface area contributed by atoms with Crippen LogP contribution in [0.5, 0.6) is 0 Å². The summed E-state index contributed by atoms with van der Waals surface area (Å²) >= 11 is 0. The van der Waals surface area contributed by atoms with Crippen molar-refractivity contribution in [1.82, 2.24) is 15.5 Å². The molecule has 0 aromatic heterocycles. The summed E-state index contributed by atoms with van der Waals surface area (Å²) in [4.78, 5) is 60.6. The first-order valence-electron chi connectivity index (χ1n) is 7.48. The number of rotatable bonds is 3. The second-order valence-corrected chi connectivity index (χ2v) is 5.70. The lowest BCUT2D eigenvalue weighted by Gasteiger charge is -2.27. The number of carbonyl (C=O) groups is 5. The fourth-order valence-corrected chi connectivity index (χ4v) is 2.95. The van der Waals surface area contributed by atoms with Crippen molar-refractivity contribution in [2.75, 3.05) is 0 Å². The van der Waals surface area contributed by atoms with Crippen LogP contribution in [0.15, 0.2) is 18.2 Å². The van der Waals surface area contributed by atoms with Crippen LogP contribution in [0.4, 0.5) is 0 Å². The Morgan fingerprint density at radius 1 is 1.24 bits per heavy atom. The normalized spacial score (nSPS) is 19.2. The van der Waals surface area contributed by atoms with Crippen LogP contribution in [0.2, 0.25) is 0 Å². The topological polar surface area (TPSA) is 113 Å². The minimum Gasteiger partial charge on any atom is -0.352 e. The highest BCUT2D eigenvalue weighted by Crippen LogP contribution is 2.29. The number of imide groups is 2. The molecule has 1 fully saturated rings. The average Bonchev–Trinajstić information content (AvgIpc) is 2.78. The van der Waals surface area contributed by atoms with E-state index < -0.39 is 29.7 Å². The van der Waals surface area contributed by atoms with Crippen molar-refractivity contribution in [2.24, 2.45) is 0 Å². The maximum absolute atomic E-state index is 12.7. The molecule has 132 valence electrons. The van der Waals surface area contributed by atoms with Crippen molar-refractivity contribution in [1.29, 1.82) is 0 Å². The minimum absolute atomic E-state index is 0. The van der Waals surface area contributed by atoms with Gasteiger partial charge < -0.3 is 5.32 Å². The molecule has 0 aliphatic carbocycles. The molecule has 0 spiro atoms. The molecule has 1 aromatic rings. The van der Waals surface area contributed by atoms with E-state index in [0.717, 1.165) is 4.90 Å². The molecular weight excluding hydrogens is 326 g/mol. The second-order valence-electron chi connectivity index (χ2n) is 5.70. The van der Waals surface area contributed by atoms with Crippen LogP contribution in [-0.4, -0.2) is 40.5 Å². The molecule has 2 heterocycles. The number of carbonyl (C=O) groups excluding carboxylic acids is 5. The van der Waals surface area contributed by atoms with Gasteiger partial charge in [-0.25, -0.2) is 0 Å². The fraction of sp³-hybridized carbons (Fsp3) is 0.353. The lowest BCUT2D eigenvalue weighted by Crippen LogP contribution is -2.54. The smallest absolute Gasteiger partial charge is 0.262 e. The number of nitrogens with zero attached hydrogens (tertiary/aromatic N) is 1. The van der Waals surface area contributed by atoms with E-state index in [1.54, 1.807) is 12.1 Å². The van der Waals surface area contributed by atoms with Gasteiger partial charge in [0.25, 0.3) is 11.8 Å². The summed E-state index contributed by atoms with van der Waals surface area (Å²) in [7, 11) is 0. The SMILES string of the molecule is C.CC(=O)NCc1cccc2c1C(=O)N(C1CCC(=O)NC1=O)C2=O. The summed E-state index contributed by atoms with van der Waals surface area (Å²) in [6, 6.07) is 3.78. The standard InChI is InChI=1S/C16H15N3O5.CH4/c1-8(20)17-7-9-3-2-4-10-13(9)16(24)19(15(10)23)11-5-6-12(21)18-14(11)22;/h2-4,11H,5-7H2,1H3,(H,17,20)(H,18,21,22);1H4. The highest BCUT2D eigenvalue weighted by molar-refractivity contribution is 6.24. The maximum atomic E-state index is 12.7. The van der Waals surface area contributed by atoms with Gasteiger partial charge in [0.2, 0.25) is 17.7 Å². The summed E-state index contributed by atoms with van der Waals surface area (Å²) < 4.78 is 0. The van der Waals surface area contributed by atoms with Crippen LogP contribution in [0.25, 0.3) is 0 Å². The van der Waals surface area contributed by atoms with E-state index in [1.807, 2.05) is 0 Å². The van der Waals surface area contributed by atoms with Gasteiger partial charge in [0, 0.05) is 19.9 Å². The molecule has 1 aromatic carbocycles. The molecule has 8 nitrogen and oxygen atoms in total. The predicted octanol–water partition coefficient (Wildman–Crippen LogP) is 0.360. The number of fused-ring (bicyclic) bond motifs is 1. The minimum atomic E-state index is -0.997. The van der Waals surface area contributed by atoms with Gasteiger partial charge in [-0.1, -0.05) is 19.6 Å². The molecular formula is C17H19N3O5. The monoisotopic (exact) mass is 345 g/mol. The highest BCUT2D eigenvalue weighted by Gasteiger charge is 2.45. The third-order valence-corrected chi connectivity index (χ3v) is 4.08. The Morgan fingerprint density at radius 2 is 1.96 bits per heavy atom. The fourth-order valence-electron chi connectivity index (χ4n) is 2.95. The summed E-state index contributed by atoms with van der Waals surface area (Å²) in [6.45, 7) is 1.46. The molecule has 1 saturated heterocycles. The first-order chi connectivity index (χ1) is 11.4. The van der Waals surface area contributed by atoms with Crippen molar-refractivity contribution < 1.29 is 24.0 Å². The van der Waals surface area contributed by atoms with Crippen LogP contribution in [0.3, 0.4) is 0 Å². The van der Waals surface area contributed by atoms with E-state index in [1.165, 1.54) is 13.0 Å². The Bertz CT molecular complexity index is 786. The van der Waals surface area contributed by atoms with Gasteiger partial charge >= 0.3 is 0 Å². The molecule has 0 bridgehead atoms. The van der Waals surface area contributed by atoms with Gasteiger partial charge in [-0.3, -0.25) is 34.2 Å². The third-order valence-electron chi connectivity index (χ3n) is 4.08. The number of hydrogen-bond donors (Lipinski definition) is 2. The van der Waals surface area contributed by atoms with Gasteiger partial charge in [0.1, 0.15) is 6.04 Å². The molecule has 3 rings (SSSR count). The van der Waals surface area contributed by atoms with Crippen molar-refractivity contribution >= 4 is 29.5 Å². The van der Waals surface area contributed by atoms with E-state index in [-0.39, 0.29) is 43.8 Å². The largest absolute Gasteiger partial charge is 0.352 e. The summed E-state index contributed by atoms with van der Waals surface area (Å²) in [5.41, 5.74) is 0.907. The molecule has 2 aliphatic heterocycles. The zero-order valence-electron chi connectivity index (χ0n) is 12.9. The van der Waals surface area contributed by atoms with Crippen molar-refractivity contribution in [3.63, 3.8) is 0 Å². The Morgan fingerprint density at radius 3 is 2.60 bits per heavy atom. The van der Waals surface area contributed by atoms with Gasteiger partial charge in [0.05, 0.1) is 11.1 Å². The number of piperidine rings is 1. The molecule has 0 radical (unpaired) electrons. The Kier molecular flexibility index (Phi) is 5.01. The number of nitrogens with one attached hydrogen (secondary N) is 2. The summed E-state index contributed by atoms with van der Waals surface area (Å²) in [5, 5.41) is 4.74. The molecule has 8 heteroatoms. The first-order valence-corrected chi connectivity index (χ1v) is 7.48. The van der Waals surface area contributed by atoms with Gasteiger partial charge in [-0.15, -0.1) is 0 Å². The highest BCUT2D eigenvalue weighted by atomic mass is 16.2. The lowest BCUT2D eigenvalue weighted by atomic mass is 10.0. The first kappa shape index (κ1) is 18.3. The molecule has 1 unspecified atom stereocenters. The molecule has 2 aliphatic rings. The van der Waals surface area contributed by atoms with Crippen molar-refractivity contribution in [3.05, 3.63) is 34.9 Å². The van der Waals surface area contributed by atoms with Crippen LogP contribution in [0.1, 0.15) is 53.5 Å². The Balaban J connectivity index is 0.00000225. The summed E-state index contributed by atoms with van der Waals surface area (Å²) in [5.74, 6) is -2.46. The molecule has 5 amide bonds. The Labute approximate surface area is 144 Å². The molecule has 1 atom stereocenters. The quantitative estimate of drug-likeness (QED) is 0.768. The van der Waals surface area contributed by atoms with Crippen LogP contribution in [0, 0.1) is 0 Å². The van der Waals surface area contributed by atoms with Gasteiger partial charge in [0.15, 0.2) is 0 Å². The molecule has 0 saturated carbocycles. The van der Waals surface area contributed by atoms with Crippen LogP contribution in [-0.2, 0) is 20.9 Å². The Hall–Kier alpha value is -3.03. The number of hydrogen-bond acceptors (Lipinski definition) is 5. The van der Waals surface area contributed by atoms with E-state index in [2.05, 4.69) is 10.6 Å². The van der Waals surface area contributed by atoms with Gasteiger partial charge in [-0.05, 0) is 18.1 Å². The average molecular weight is 345 g/mol. The van der Waals surface area contributed by atoms with Crippen molar-refractivity contribution in [3.8, 4) is 0 Å². The van der Waals surface area contributed by atoms with Crippen LogP contribution < -0.4 is 10.6 Å². The lowest BCUT2D eigenvalue weighted by molar-refractivity contribution is -0.136.